The van der Waals surface area contributed by atoms with Crippen LogP contribution < -0.4 is 5.32 Å². The maximum Gasteiger partial charge on any atom is 0.416 e. The van der Waals surface area contributed by atoms with Gasteiger partial charge in [0.25, 0.3) is 0 Å². The number of alkyl halides is 3. The molecule has 4 heteroatoms. The van der Waals surface area contributed by atoms with E-state index in [0.717, 1.165) is 31.9 Å². The summed E-state index contributed by atoms with van der Waals surface area (Å²) in [5.74, 6) is 0. The van der Waals surface area contributed by atoms with Gasteiger partial charge in [-0.2, -0.15) is 13.2 Å². The van der Waals surface area contributed by atoms with E-state index >= 15 is 0 Å². The van der Waals surface area contributed by atoms with Crippen LogP contribution in [0, 0.1) is 0 Å². The second kappa shape index (κ2) is 4.45. The van der Waals surface area contributed by atoms with E-state index in [2.05, 4.69) is 5.32 Å². The summed E-state index contributed by atoms with van der Waals surface area (Å²) < 4.78 is 38.3. The standard InChI is InChI=1S/C12H14F3N/c13-12(14,15)10-6-2-1-5-9(10)11-7-3-4-8-16-11/h1-2,5-6,11,16H,3-4,7-8H2/t11-/m1/s1. The normalized spacial score (nSPS) is 22.1. The second-order valence-corrected chi connectivity index (χ2v) is 4.09. The summed E-state index contributed by atoms with van der Waals surface area (Å²) in [5.41, 5.74) is -0.121. The summed E-state index contributed by atoms with van der Waals surface area (Å²) in [5, 5.41) is 3.15. The summed E-state index contributed by atoms with van der Waals surface area (Å²) in [7, 11) is 0. The Kier molecular flexibility index (Phi) is 3.19. The number of benzene rings is 1. The highest BCUT2D eigenvalue weighted by Crippen LogP contribution is 2.36. The van der Waals surface area contributed by atoms with Crippen molar-refractivity contribution in [2.45, 2.75) is 31.5 Å². The van der Waals surface area contributed by atoms with E-state index < -0.39 is 11.7 Å². The third-order valence-corrected chi connectivity index (χ3v) is 2.95. The Balaban J connectivity index is 2.32. The van der Waals surface area contributed by atoms with E-state index in [1.807, 2.05) is 0 Å². The molecular formula is C12H14F3N. The van der Waals surface area contributed by atoms with E-state index in [1.54, 1.807) is 12.1 Å². The summed E-state index contributed by atoms with van der Waals surface area (Å²) in [6.07, 6.45) is -1.43. The number of hydrogen-bond donors (Lipinski definition) is 1. The molecule has 0 aromatic heterocycles. The zero-order chi connectivity index (χ0) is 11.6. The van der Waals surface area contributed by atoms with Crippen LogP contribution in [0.2, 0.25) is 0 Å². The average Bonchev–Trinajstić information content (AvgIpc) is 2.29. The molecule has 88 valence electrons. The number of piperidine rings is 1. The van der Waals surface area contributed by atoms with Crippen molar-refractivity contribution in [2.75, 3.05) is 6.54 Å². The minimum atomic E-state index is -4.25. The lowest BCUT2D eigenvalue weighted by molar-refractivity contribution is -0.138. The van der Waals surface area contributed by atoms with Gasteiger partial charge in [-0.25, -0.2) is 0 Å². The number of nitrogens with one attached hydrogen (secondary N) is 1. The highest BCUT2D eigenvalue weighted by Gasteiger charge is 2.34. The summed E-state index contributed by atoms with van der Waals surface area (Å²) in [6.45, 7) is 0.802. The molecule has 1 aliphatic rings. The monoisotopic (exact) mass is 229 g/mol. The van der Waals surface area contributed by atoms with Crippen LogP contribution in [-0.2, 0) is 6.18 Å². The Labute approximate surface area is 92.7 Å². The summed E-state index contributed by atoms with van der Waals surface area (Å²) in [4.78, 5) is 0. The van der Waals surface area contributed by atoms with E-state index in [1.165, 1.54) is 6.07 Å². The predicted molar refractivity (Wildman–Crippen MR) is 56.0 cm³/mol. The van der Waals surface area contributed by atoms with Crippen molar-refractivity contribution >= 4 is 0 Å². The Morgan fingerprint density at radius 3 is 2.50 bits per heavy atom. The first-order valence-corrected chi connectivity index (χ1v) is 5.48. The van der Waals surface area contributed by atoms with Crippen molar-refractivity contribution in [2.24, 2.45) is 0 Å². The fourth-order valence-electron chi connectivity index (χ4n) is 2.18. The van der Waals surface area contributed by atoms with E-state index in [0.29, 0.717) is 5.56 Å². The molecule has 0 saturated carbocycles. The predicted octanol–water partition coefficient (Wildman–Crippen LogP) is 3.52. The zero-order valence-corrected chi connectivity index (χ0v) is 8.85. The first-order chi connectivity index (χ1) is 7.59. The van der Waals surface area contributed by atoms with Gasteiger partial charge in [-0.05, 0) is 31.0 Å². The van der Waals surface area contributed by atoms with Crippen molar-refractivity contribution < 1.29 is 13.2 Å². The van der Waals surface area contributed by atoms with Gasteiger partial charge in [0.2, 0.25) is 0 Å². The second-order valence-electron chi connectivity index (χ2n) is 4.09. The van der Waals surface area contributed by atoms with Crippen LogP contribution in [0.25, 0.3) is 0 Å². The van der Waals surface area contributed by atoms with Crippen molar-refractivity contribution in [3.05, 3.63) is 35.4 Å². The molecule has 0 amide bonds. The molecule has 1 aliphatic heterocycles. The van der Waals surface area contributed by atoms with Crippen LogP contribution in [0.5, 0.6) is 0 Å². The van der Waals surface area contributed by atoms with Crippen LogP contribution >= 0.6 is 0 Å². The number of hydrogen-bond acceptors (Lipinski definition) is 1. The maximum absolute atomic E-state index is 12.8. The Morgan fingerprint density at radius 1 is 1.12 bits per heavy atom. The quantitative estimate of drug-likeness (QED) is 0.776. The van der Waals surface area contributed by atoms with E-state index in [4.69, 9.17) is 0 Å². The van der Waals surface area contributed by atoms with E-state index in [-0.39, 0.29) is 6.04 Å². The van der Waals surface area contributed by atoms with Gasteiger partial charge in [0.1, 0.15) is 0 Å². The first-order valence-electron chi connectivity index (χ1n) is 5.48. The molecule has 0 spiro atoms. The molecular weight excluding hydrogens is 215 g/mol. The average molecular weight is 229 g/mol. The molecule has 1 nitrogen and oxygen atoms in total. The lowest BCUT2D eigenvalue weighted by Crippen LogP contribution is -2.28. The van der Waals surface area contributed by atoms with Gasteiger partial charge in [-0.1, -0.05) is 24.6 Å². The van der Waals surface area contributed by atoms with Crippen molar-refractivity contribution in [1.29, 1.82) is 0 Å². The van der Waals surface area contributed by atoms with Crippen LogP contribution in [-0.4, -0.2) is 6.54 Å². The van der Waals surface area contributed by atoms with Gasteiger partial charge in [0, 0.05) is 6.04 Å². The molecule has 0 unspecified atom stereocenters. The van der Waals surface area contributed by atoms with Crippen LogP contribution in [0.1, 0.15) is 36.4 Å². The molecule has 2 rings (SSSR count). The smallest absolute Gasteiger partial charge is 0.310 e. The minimum absolute atomic E-state index is 0.147. The van der Waals surface area contributed by atoms with Gasteiger partial charge >= 0.3 is 6.18 Å². The molecule has 1 saturated heterocycles. The Bertz CT molecular complexity index is 354. The van der Waals surface area contributed by atoms with Gasteiger partial charge in [-0.15, -0.1) is 0 Å². The molecule has 1 heterocycles. The fourth-order valence-corrected chi connectivity index (χ4v) is 2.18. The van der Waals surface area contributed by atoms with Gasteiger partial charge < -0.3 is 5.32 Å². The van der Waals surface area contributed by atoms with Gasteiger partial charge in [0.05, 0.1) is 5.56 Å². The first kappa shape index (κ1) is 11.5. The fraction of sp³-hybridized carbons (Fsp3) is 0.500. The van der Waals surface area contributed by atoms with Crippen LogP contribution in [0.3, 0.4) is 0 Å². The maximum atomic E-state index is 12.8. The zero-order valence-electron chi connectivity index (χ0n) is 8.85. The summed E-state index contributed by atoms with van der Waals surface area (Å²) in [6, 6.07) is 5.69. The molecule has 0 radical (unpaired) electrons. The minimum Gasteiger partial charge on any atom is -0.310 e. The lowest BCUT2D eigenvalue weighted by atomic mass is 9.93. The Hall–Kier alpha value is -1.03. The molecule has 1 atom stereocenters. The van der Waals surface area contributed by atoms with Gasteiger partial charge in [0.15, 0.2) is 0 Å². The van der Waals surface area contributed by atoms with Crippen molar-refractivity contribution in [3.8, 4) is 0 Å². The van der Waals surface area contributed by atoms with E-state index in [9.17, 15) is 13.2 Å². The molecule has 16 heavy (non-hydrogen) atoms. The molecule has 1 aromatic carbocycles. The SMILES string of the molecule is FC(F)(F)c1ccccc1[C@H]1CCCCN1. The van der Waals surface area contributed by atoms with Crippen molar-refractivity contribution in [1.82, 2.24) is 5.32 Å². The summed E-state index contributed by atoms with van der Waals surface area (Å²) >= 11 is 0. The largest absolute Gasteiger partial charge is 0.416 e. The van der Waals surface area contributed by atoms with Crippen molar-refractivity contribution in [3.63, 3.8) is 0 Å². The molecule has 1 fully saturated rings. The molecule has 1 aromatic rings. The molecule has 0 aliphatic carbocycles. The topological polar surface area (TPSA) is 12.0 Å². The Morgan fingerprint density at radius 2 is 1.88 bits per heavy atom. The number of rotatable bonds is 1. The van der Waals surface area contributed by atoms with Crippen LogP contribution in [0.15, 0.2) is 24.3 Å². The third kappa shape index (κ3) is 2.38. The third-order valence-electron chi connectivity index (χ3n) is 2.95. The lowest BCUT2D eigenvalue weighted by Gasteiger charge is -2.26. The molecule has 1 N–H and O–H groups in total. The highest BCUT2D eigenvalue weighted by atomic mass is 19.4. The van der Waals surface area contributed by atoms with Gasteiger partial charge in [-0.3, -0.25) is 0 Å². The molecule has 0 bridgehead atoms. The number of halogens is 3. The van der Waals surface area contributed by atoms with Crippen LogP contribution in [0.4, 0.5) is 13.2 Å². The highest BCUT2D eigenvalue weighted by molar-refractivity contribution is 5.32.